The maximum Gasteiger partial charge on any atom is 0.165 e. The van der Waals surface area contributed by atoms with Gasteiger partial charge in [-0.2, -0.15) is 0 Å². The Kier molecular flexibility index (Phi) is 4.71. The fraction of sp³-hybridized carbons (Fsp3) is 0.929. The summed E-state index contributed by atoms with van der Waals surface area (Å²) < 4.78 is 14.0. The molecule has 11 unspecified atom stereocenters. The summed E-state index contributed by atoms with van der Waals surface area (Å²) >= 11 is 0. The van der Waals surface area contributed by atoms with Gasteiger partial charge in [-0.05, 0) is 94.3 Å². The summed E-state index contributed by atoms with van der Waals surface area (Å²) in [5, 5.41) is 21.9. The summed E-state index contributed by atoms with van der Waals surface area (Å²) in [6.07, 6.45) is 9.68. The van der Waals surface area contributed by atoms with Gasteiger partial charge in [-0.25, -0.2) is 0 Å². The predicted octanol–water partition coefficient (Wildman–Crippen LogP) is 5.22. The molecule has 4 nitrogen and oxygen atoms in total. The van der Waals surface area contributed by atoms with Crippen molar-refractivity contribution in [1.82, 2.24) is 0 Å². The molecule has 2 N–H and O–H groups in total. The van der Waals surface area contributed by atoms with Crippen LogP contribution >= 0.6 is 0 Å². The van der Waals surface area contributed by atoms with E-state index in [0.717, 1.165) is 57.8 Å². The van der Waals surface area contributed by atoms with Crippen molar-refractivity contribution < 1.29 is 19.7 Å². The van der Waals surface area contributed by atoms with Gasteiger partial charge < -0.3 is 19.7 Å². The minimum absolute atomic E-state index is 0.0127. The molecule has 11 atom stereocenters. The van der Waals surface area contributed by atoms with Crippen LogP contribution in [0.25, 0.3) is 0 Å². The Labute approximate surface area is 194 Å². The molecule has 0 aromatic carbocycles. The Bertz CT molecular complexity index is 809. The summed E-state index contributed by atoms with van der Waals surface area (Å²) in [6.45, 7) is 13.5. The Morgan fingerprint density at radius 1 is 1.00 bits per heavy atom. The van der Waals surface area contributed by atoms with Gasteiger partial charge in [-0.15, -0.1) is 0 Å². The van der Waals surface area contributed by atoms with Crippen molar-refractivity contribution in [3.05, 3.63) is 12.2 Å². The van der Waals surface area contributed by atoms with E-state index in [1.807, 2.05) is 0 Å². The quantitative estimate of drug-likeness (QED) is 0.584. The lowest BCUT2D eigenvalue weighted by atomic mass is 9.43. The van der Waals surface area contributed by atoms with Gasteiger partial charge in [0.1, 0.15) is 0 Å². The van der Waals surface area contributed by atoms with Crippen LogP contribution in [-0.4, -0.2) is 39.9 Å². The van der Waals surface area contributed by atoms with Crippen molar-refractivity contribution in [2.75, 3.05) is 0 Å². The van der Waals surface area contributed by atoms with E-state index < -0.39 is 0 Å². The minimum Gasteiger partial charge on any atom is -0.393 e. The molecule has 180 valence electrons. The third-order valence-corrected chi connectivity index (χ3v) is 11.9. The molecular weight excluding hydrogens is 400 g/mol. The lowest BCUT2D eigenvalue weighted by Gasteiger charge is -2.62. The van der Waals surface area contributed by atoms with Crippen LogP contribution in [-0.2, 0) is 9.47 Å². The predicted molar refractivity (Wildman–Crippen MR) is 124 cm³/mol. The molecule has 6 aliphatic rings. The number of allylic oxidation sites excluding steroid dienone is 1. The SMILES string of the molecule is C=C(CCC1(C)OC2OC34CCC5CC(O)CCC5(C)C3CCC23C1CC(O)C43)C(C)C. The van der Waals surface area contributed by atoms with E-state index in [1.54, 1.807) is 0 Å². The van der Waals surface area contributed by atoms with Crippen LogP contribution in [0.5, 0.6) is 0 Å². The maximum atomic E-state index is 11.6. The normalized spacial score (nSPS) is 57.9. The molecule has 0 aromatic heterocycles. The van der Waals surface area contributed by atoms with Gasteiger partial charge in [0.05, 0.1) is 23.4 Å². The molecule has 6 fully saturated rings. The molecule has 4 heteroatoms. The number of hydrogen-bond acceptors (Lipinski definition) is 4. The zero-order valence-electron chi connectivity index (χ0n) is 20.6. The first-order chi connectivity index (χ1) is 15.1. The topological polar surface area (TPSA) is 58.9 Å². The number of ether oxygens (including phenoxy) is 2. The molecule has 0 aromatic rings. The average Bonchev–Trinajstić information content (AvgIpc) is 3.24. The summed E-state index contributed by atoms with van der Waals surface area (Å²) in [5.41, 5.74) is 1.04. The number of rotatable bonds is 4. The Morgan fingerprint density at radius 2 is 1.78 bits per heavy atom. The standard InChI is InChI=1S/C28H44O4/c1-16(2)17(3)6-11-26(5)22-15-20(30)23-27(22)12-9-21-25(4)10-8-19(29)14-18(25)7-13-28(21,23)32-24(27)31-26/h16,18-24,29-30H,3,6-15H2,1-2,4-5H3. The average molecular weight is 445 g/mol. The zero-order chi connectivity index (χ0) is 22.7. The third kappa shape index (κ3) is 2.54. The Balaban J connectivity index is 1.33. The van der Waals surface area contributed by atoms with Crippen LogP contribution in [0.3, 0.4) is 0 Å². The van der Waals surface area contributed by atoms with Crippen LogP contribution in [0.4, 0.5) is 0 Å². The number of fused-ring (bicyclic) bond motifs is 2. The molecule has 2 heterocycles. The van der Waals surface area contributed by atoms with Crippen molar-refractivity contribution >= 4 is 0 Å². The minimum atomic E-state index is -0.279. The zero-order valence-corrected chi connectivity index (χ0v) is 20.6. The molecule has 2 bridgehead atoms. The van der Waals surface area contributed by atoms with Crippen molar-refractivity contribution in [2.24, 2.45) is 40.4 Å². The van der Waals surface area contributed by atoms with Crippen LogP contribution in [0.15, 0.2) is 12.2 Å². The second kappa shape index (κ2) is 6.83. The summed E-state index contributed by atoms with van der Waals surface area (Å²) in [4.78, 5) is 0. The van der Waals surface area contributed by atoms with E-state index in [0.29, 0.717) is 23.7 Å². The van der Waals surface area contributed by atoms with Gasteiger partial charge >= 0.3 is 0 Å². The van der Waals surface area contributed by atoms with E-state index >= 15 is 0 Å². The molecule has 4 aliphatic carbocycles. The van der Waals surface area contributed by atoms with Gasteiger partial charge in [-0.1, -0.05) is 32.9 Å². The second-order valence-corrected chi connectivity index (χ2v) is 13.4. The first-order valence-electron chi connectivity index (χ1n) is 13.5. The van der Waals surface area contributed by atoms with Crippen molar-refractivity contribution in [3.8, 4) is 0 Å². The Morgan fingerprint density at radius 3 is 2.53 bits per heavy atom. The largest absolute Gasteiger partial charge is 0.393 e. The van der Waals surface area contributed by atoms with Gasteiger partial charge in [0.2, 0.25) is 0 Å². The fourth-order valence-corrected chi connectivity index (χ4v) is 10.2. The van der Waals surface area contributed by atoms with Crippen molar-refractivity contribution in [2.45, 2.75) is 122 Å². The highest BCUT2D eigenvalue weighted by Crippen LogP contribution is 2.79. The molecule has 4 saturated carbocycles. The maximum absolute atomic E-state index is 11.6. The number of aliphatic hydroxyl groups is 2. The van der Waals surface area contributed by atoms with Crippen LogP contribution < -0.4 is 0 Å². The molecule has 0 amide bonds. The number of hydrogen-bond donors (Lipinski definition) is 2. The van der Waals surface area contributed by atoms with E-state index in [-0.39, 0.29) is 46.4 Å². The lowest BCUT2D eigenvalue weighted by Crippen LogP contribution is -2.63. The van der Waals surface area contributed by atoms with Gasteiger partial charge in [0.25, 0.3) is 0 Å². The molecule has 6 rings (SSSR count). The molecule has 2 spiro atoms. The highest BCUT2D eigenvalue weighted by Gasteiger charge is 2.82. The molecule has 32 heavy (non-hydrogen) atoms. The van der Waals surface area contributed by atoms with E-state index in [4.69, 9.17) is 9.47 Å². The Hall–Kier alpha value is -0.420. The first-order valence-corrected chi connectivity index (χ1v) is 13.5. The van der Waals surface area contributed by atoms with Gasteiger partial charge in [0, 0.05) is 17.3 Å². The van der Waals surface area contributed by atoms with E-state index in [2.05, 4.69) is 34.3 Å². The summed E-state index contributed by atoms with van der Waals surface area (Å²) in [7, 11) is 0. The van der Waals surface area contributed by atoms with Crippen LogP contribution in [0, 0.1) is 40.4 Å². The van der Waals surface area contributed by atoms with Crippen molar-refractivity contribution in [1.29, 1.82) is 0 Å². The lowest BCUT2D eigenvalue weighted by molar-refractivity contribution is -0.251. The van der Waals surface area contributed by atoms with Crippen LogP contribution in [0.1, 0.15) is 91.9 Å². The highest BCUT2D eigenvalue weighted by atomic mass is 16.7. The highest BCUT2D eigenvalue weighted by molar-refractivity contribution is 5.28. The second-order valence-electron chi connectivity index (χ2n) is 13.4. The smallest absolute Gasteiger partial charge is 0.165 e. The van der Waals surface area contributed by atoms with E-state index in [9.17, 15) is 10.2 Å². The third-order valence-electron chi connectivity index (χ3n) is 11.9. The van der Waals surface area contributed by atoms with E-state index in [1.165, 1.54) is 12.0 Å². The molecule has 2 saturated heterocycles. The van der Waals surface area contributed by atoms with Gasteiger partial charge in [-0.3, -0.25) is 0 Å². The number of aliphatic hydroxyl groups excluding tert-OH is 2. The molecule has 0 radical (unpaired) electrons. The van der Waals surface area contributed by atoms with Crippen LogP contribution in [0.2, 0.25) is 0 Å². The molecular formula is C28H44O4. The molecule has 2 aliphatic heterocycles. The first kappa shape index (κ1) is 22.1. The fourth-order valence-electron chi connectivity index (χ4n) is 10.2. The monoisotopic (exact) mass is 444 g/mol. The van der Waals surface area contributed by atoms with Gasteiger partial charge in [0.15, 0.2) is 6.29 Å². The van der Waals surface area contributed by atoms with Crippen molar-refractivity contribution in [3.63, 3.8) is 0 Å². The summed E-state index contributed by atoms with van der Waals surface area (Å²) in [5.74, 6) is 2.15. The summed E-state index contributed by atoms with van der Waals surface area (Å²) in [6, 6.07) is 0.